The van der Waals surface area contributed by atoms with Gasteiger partial charge in [-0.05, 0) is 20.8 Å². The van der Waals surface area contributed by atoms with Crippen LogP contribution in [0, 0.1) is 11.8 Å². The number of ether oxygens (including phenoxy) is 1. The van der Waals surface area contributed by atoms with E-state index >= 15 is 0 Å². The van der Waals surface area contributed by atoms with Gasteiger partial charge < -0.3 is 9.26 Å². The first-order valence-electron chi connectivity index (χ1n) is 4.53. The topological polar surface area (TPSA) is 35.5 Å². The first-order valence-corrected chi connectivity index (χ1v) is 6.79. The van der Waals surface area contributed by atoms with E-state index in [9.17, 15) is 4.57 Å². The second kappa shape index (κ2) is 5.56. The Labute approximate surface area is 86.6 Å². The minimum absolute atomic E-state index is 0.406. The molecule has 0 N–H and O–H groups in total. The molecule has 0 heterocycles. The summed E-state index contributed by atoms with van der Waals surface area (Å²) in [7, 11) is -0.995. The molecule has 0 aliphatic heterocycles. The van der Waals surface area contributed by atoms with Gasteiger partial charge in [0.25, 0.3) is 0 Å². The van der Waals surface area contributed by atoms with E-state index in [0.29, 0.717) is 12.8 Å². The first kappa shape index (κ1) is 13.7. The molecule has 0 aliphatic rings. The molecule has 0 fully saturated rings. The fourth-order valence-electron chi connectivity index (χ4n) is 0.895. The minimum Gasteiger partial charge on any atom is -0.362 e. The molecule has 0 amide bonds. The van der Waals surface area contributed by atoms with Gasteiger partial charge in [0, 0.05) is 19.9 Å². The SMILES string of the molecule is CC#CC(C)(C)OCCP(C)(=O)OC. The van der Waals surface area contributed by atoms with Crippen molar-refractivity contribution >= 4 is 7.37 Å². The lowest BCUT2D eigenvalue weighted by Crippen LogP contribution is -2.23. The predicted molar refractivity (Wildman–Crippen MR) is 58.9 cm³/mol. The molecular weight excluding hydrogens is 199 g/mol. The Kier molecular flexibility index (Phi) is 5.44. The van der Waals surface area contributed by atoms with Gasteiger partial charge in [-0.2, -0.15) is 0 Å². The molecule has 0 spiro atoms. The zero-order chi connectivity index (χ0) is 11.2. The summed E-state index contributed by atoms with van der Waals surface area (Å²) in [6.07, 6.45) is 0.429. The van der Waals surface area contributed by atoms with E-state index in [1.807, 2.05) is 13.8 Å². The highest BCUT2D eigenvalue weighted by molar-refractivity contribution is 7.58. The van der Waals surface area contributed by atoms with Crippen LogP contribution in [-0.4, -0.2) is 32.1 Å². The van der Waals surface area contributed by atoms with Gasteiger partial charge in [-0.25, -0.2) is 0 Å². The van der Waals surface area contributed by atoms with Gasteiger partial charge in [0.2, 0.25) is 7.37 Å². The summed E-state index contributed by atoms with van der Waals surface area (Å²) in [6, 6.07) is 0. The number of hydrogen-bond acceptors (Lipinski definition) is 3. The molecule has 0 aromatic rings. The fourth-order valence-corrected chi connectivity index (χ4v) is 1.50. The Balaban J connectivity index is 3.95. The van der Waals surface area contributed by atoms with Gasteiger partial charge in [0.1, 0.15) is 5.60 Å². The molecule has 0 saturated carbocycles. The highest BCUT2D eigenvalue weighted by Gasteiger charge is 2.18. The quantitative estimate of drug-likeness (QED) is 0.525. The summed E-state index contributed by atoms with van der Waals surface area (Å²) in [6.45, 7) is 7.55. The molecule has 0 aliphatic carbocycles. The van der Waals surface area contributed by atoms with Crippen LogP contribution in [-0.2, 0) is 13.8 Å². The highest BCUT2D eigenvalue weighted by Crippen LogP contribution is 2.40. The smallest absolute Gasteiger partial charge is 0.202 e. The number of hydrogen-bond donors (Lipinski definition) is 0. The van der Waals surface area contributed by atoms with Crippen LogP contribution in [0.1, 0.15) is 20.8 Å². The standard InChI is InChI=1S/C10H19O3P/c1-6-7-10(2,3)13-8-9-14(5,11)12-4/h8-9H2,1-5H3. The molecule has 1 atom stereocenters. The van der Waals surface area contributed by atoms with Crippen LogP contribution in [0.2, 0.25) is 0 Å². The molecule has 82 valence electrons. The molecule has 0 radical (unpaired) electrons. The molecular formula is C10H19O3P. The van der Waals surface area contributed by atoms with Gasteiger partial charge in [0.05, 0.1) is 6.61 Å². The Bertz CT molecular complexity index is 273. The Morgan fingerprint density at radius 1 is 1.43 bits per heavy atom. The first-order chi connectivity index (χ1) is 6.33. The largest absolute Gasteiger partial charge is 0.362 e. The zero-order valence-electron chi connectivity index (χ0n) is 9.59. The molecule has 14 heavy (non-hydrogen) atoms. The normalized spacial score (nSPS) is 15.5. The van der Waals surface area contributed by atoms with Crippen LogP contribution in [0.3, 0.4) is 0 Å². The Hall–Kier alpha value is -0.290. The van der Waals surface area contributed by atoms with Crippen molar-refractivity contribution in [2.45, 2.75) is 26.4 Å². The molecule has 0 saturated heterocycles. The van der Waals surface area contributed by atoms with Gasteiger partial charge in [0.15, 0.2) is 0 Å². The summed E-state index contributed by atoms with van der Waals surface area (Å²) >= 11 is 0. The Morgan fingerprint density at radius 2 is 2.00 bits per heavy atom. The van der Waals surface area contributed by atoms with Crippen molar-refractivity contribution in [1.82, 2.24) is 0 Å². The lowest BCUT2D eigenvalue weighted by molar-refractivity contribution is 0.0365. The van der Waals surface area contributed by atoms with Gasteiger partial charge >= 0.3 is 0 Å². The zero-order valence-corrected chi connectivity index (χ0v) is 10.5. The van der Waals surface area contributed by atoms with E-state index in [2.05, 4.69) is 11.8 Å². The van der Waals surface area contributed by atoms with Crippen molar-refractivity contribution in [3.05, 3.63) is 0 Å². The number of rotatable bonds is 5. The van der Waals surface area contributed by atoms with Gasteiger partial charge in [-0.1, -0.05) is 5.92 Å². The second-order valence-corrected chi connectivity index (χ2v) is 6.49. The van der Waals surface area contributed by atoms with Crippen molar-refractivity contribution in [2.75, 3.05) is 26.5 Å². The van der Waals surface area contributed by atoms with E-state index < -0.39 is 13.0 Å². The summed E-state index contributed by atoms with van der Waals surface area (Å²) in [4.78, 5) is 0. The van der Waals surface area contributed by atoms with Crippen LogP contribution in [0.25, 0.3) is 0 Å². The van der Waals surface area contributed by atoms with Crippen LogP contribution in [0.15, 0.2) is 0 Å². The van der Waals surface area contributed by atoms with Crippen LogP contribution in [0.4, 0.5) is 0 Å². The molecule has 0 aromatic heterocycles. The maximum Gasteiger partial charge on any atom is 0.202 e. The van der Waals surface area contributed by atoms with Crippen LogP contribution < -0.4 is 0 Å². The van der Waals surface area contributed by atoms with Crippen molar-refractivity contribution in [3.63, 3.8) is 0 Å². The van der Waals surface area contributed by atoms with Crippen molar-refractivity contribution in [3.8, 4) is 11.8 Å². The van der Waals surface area contributed by atoms with E-state index in [1.165, 1.54) is 7.11 Å². The third kappa shape index (κ3) is 6.21. The van der Waals surface area contributed by atoms with Crippen LogP contribution in [0.5, 0.6) is 0 Å². The third-order valence-corrected chi connectivity index (χ3v) is 3.54. The van der Waals surface area contributed by atoms with E-state index in [0.717, 1.165) is 0 Å². The van der Waals surface area contributed by atoms with Gasteiger partial charge in [-0.15, -0.1) is 5.92 Å². The average Bonchev–Trinajstić information content (AvgIpc) is 2.03. The lowest BCUT2D eigenvalue weighted by Gasteiger charge is -2.20. The second-order valence-electron chi connectivity index (χ2n) is 3.65. The van der Waals surface area contributed by atoms with Crippen molar-refractivity contribution in [2.24, 2.45) is 0 Å². The minimum atomic E-state index is -2.45. The molecule has 0 bridgehead atoms. The molecule has 1 unspecified atom stereocenters. The van der Waals surface area contributed by atoms with Crippen LogP contribution >= 0.6 is 7.37 Å². The summed E-state index contributed by atoms with van der Waals surface area (Å²) in [5.74, 6) is 5.72. The third-order valence-electron chi connectivity index (χ3n) is 1.77. The summed E-state index contributed by atoms with van der Waals surface area (Å²) in [5, 5.41) is 0. The monoisotopic (exact) mass is 218 g/mol. The van der Waals surface area contributed by atoms with E-state index in [-0.39, 0.29) is 0 Å². The maximum absolute atomic E-state index is 11.5. The lowest BCUT2D eigenvalue weighted by atomic mass is 10.1. The highest BCUT2D eigenvalue weighted by atomic mass is 31.2. The van der Waals surface area contributed by atoms with Gasteiger partial charge in [-0.3, -0.25) is 4.57 Å². The van der Waals surface area contributed by atoms with Crippen molar-refractivity contribution in [1.29, 1.82) is 0 Å². The van der Waals surface area contributed by atoms with E-state index in [4.69, 9.17) is 9.26 Å². The summed E-state index contributed by atoms with van der Waals surface area (Å²) in [5.41, 5.74) is -0.470. The fraction of sp³-hybridized carbons (Fsp3) is 0.800. The predicted octanol–water partition coefficient (Wildman–Crippen LogP) is 2.36. The van der Waals surface area contributed by atoms with E-state index in [1.54, 1.807) is 13.6 Å². The molecule has 4 heteroatoms. The molecule has 0 rings (SSSR count). The molecule has 0 aromatic carbocycles. The van der Waals surface area contributed by atoms with Crippen molar-refractivity contribution < 1.29 is 13.8 Å². The summed E-state index contributed by atoms with van der Waals surface area (Å²) < 4.78 is 21.8. The Morgan fingerprint density at radius 3 is 2.43 bits per heavy atom. The maximum atomic E-state index is 11.5. The molecule has 3 nitrogen and oxygen atoms in total. The average molecular weight is 218 g/mol.